The smallest absolute Gasteiger partial charge is 0.234 e. The minimum atomic E-state index is -0.120. The van der Waals surface area contributed by atoms with Gasteiger partial charge in [-0.1, -0.05) is 18.2 Å². The molecule has 0 spiro atoms. The molecule has 5 heteroatoms. The third-order valence-corrected chi connectivity index (χ3v) is 4.43. The monoisotopic (exact) mass is 357 g/mol. The fraction of sp³-hybridized carbons (Fsp3) is 0.300. The van der Waals surface area contributed by atoms with Gasteiger partial charge in [0.1, 0.15) is 5.75 Å². The Morgan fingerprint density at radius 3 is 2.44 bits per heavy atom. The normalized spacial score (nSPS) is 10.4. The zero-order chi connectivity index (χ0) is 18.2. The number of ketones is 1. The topological polar surface area (TPSA) is 55.4 Å². The maximum atomic E-state index is 12.0. The summed E-state index contributed by atoms with van der Waals surface area (Å²) in [5.41, 5.74) is 3.43. The summed E-state index contributed by atoms with van der Waals surface area (Å²) in [6.45, 7) is 6.12. The number of carbonyl (C=O) groups is 2. The molecule has 0 aliphatic heterocycles. The maximum absolute atomic E-state index is 12.0. The molecule has 0 heterocycles. The third-order valence-electron chi connectivity index (χ3n) is 3.51. The van der Waals surface area contributed by atoms with Crippen molar-refractivity contribution < 1.29 is 14.3 Å². The molecule has 132 valence electrons. The fourth-order valence-electron chi connectivity index (χ4n) is 2.48. The molecule has 2 aromatic rings. The van der Waals surface area contributed by atoms with Crippen LogP contribution in [0.25, 0.3) is 0 Å². The molecule has 0 aromatic heterocycles. The summed E-state index contributed by atoms with van der Waals surface area (Å²) < 4.78 is 5.72. The summed E-state index contributed by atoms with van der Waals surface area (Å²) in [6, 6.07) is 13.1. The molecule has 0 saturated carbocycles. The van der Waals surface area contributed by atoms with E-state index >= 15 is 0 Å². The van der Waals surface area contributed by atoms with E-state index in [0.29, 0.717) is 23.6 Å². The van der Waals surface area contributed by atoms with E-state index in [-0.39, 0.29) is 11.7 Å². The van der Waals surface area contributed by atoms with Crippen LogP contribution in [0.4, 0.5) is 5.69 Å². The quantitative estimate of drug-likeness (QED) is 0.567. The lowest BCUT2D eigenvalue weighted by Crippen LogP contribution is -2.17. The lowest BCUT2D eigenvalue weighted by Gasteiger charge is -2.10. The van der Waals surface area contributed by atoms with Crippen LogP contribution < -0.4 is 10.1 Å². The van der Waals surface area contributed by atoms with Gasteiger partial charge in [-0.15, -0.1) is 11.8 Å². The number of hydrogen-bond acceptors (Lipinski definition) is 4. The molecule has 1 amide bonds. The third kappa shape index (κ3) is 6.27. The number of amides is 1. The van der Waals surface area contributed by atoms with Crippen LogP contribution in [-0.4, -0.2) is 29.8 Å². The minimum Gasteiger partial charge on any atom is -0.493 e. The molecular formula is C20H23NO3S. The molecule has 0 unspecified atom stereocenters. The number of thioether (sulfide) groups is 1. The lowest BCUT2D eigenvalue weighted by atomic mass is 10.1. The van der Waals surface area contributed by atoms with Gasteiger partial charge in [-0.05, 0) is 56.2 Å². The standard InChI is InChI=1S/C20H23NO3S/c1-14-10-15(2)12-17(11-14)24-8-9-25-13-20(23)21-19-7-5-4-6-18(19)16(3)22/h4-7,10-12H,8-9,13H2,1-3H3,(H,21,23). The highest BCUT2D eigenvalue weighted by atomic mass is 32.2. The molecule has 0 atom stereocenters. The zero-order valence-electron chi connectivity index (χ0n) is 14.8. The number of ether oxygens (including phenoxy) is 1. The molecule has 4 nitrogen and oxygen atoms in total. The first-order valence-electron chi connectivity index (χ1n) is 8.14. The van der Waals surface area contributed by atoms with Crippen LogP contribution in [0.1, 0.15) is 28.4 Å². The van der Waals surface area contributed by atoms with Gasteiger partial charge in [-0.2, -0.15) is 0 Å². The number of Topliss-reactive ketones (excluding diaryl/α,β-unsaturated/α-hetero) is 1. The average Bonchev–Trinajstić information content (AvgIpc) is 2.54. The Labute approximate surface area is 153 Å². The van der Waals surface area contributed by atoms with E-state index in [4.69, 9.17) is 4.74 Å². The Kier molecular flexibility index (Phi) is 7.07. The average molecular weight is 357 g/mol. The number of aryl methyl sites for hydroxylation is 2. The highest BCUT2D eigenvalue weighted by molar-refractivity contribution is 7.99. The first kappa shape index (κ1) is 19.1. The molecule has 0 fully saturated rings. The predicted octanol–water partition coefficient (Wildman–Crippen LogP) is 4.26. The summed E-state index contributed by atoms with van der Waals surface area (Å²) in [7, 11) is 0. The van der Waals surface area contributed by atoms with E-state index in [0.717, 1.165) is 11.5 Å². The van der Waals surface area contributed by atoms with Gasteiger partial charge in [0, 0.05) is 11.3 Å². The zero-order valence-corrected chi connectivity index (χ0v) is 15.6. The molecular weight excluding hydrogens is 334 g/mol. The van der Waals surface area contributed by atoms with Gasteiger partial charge >= 0.3 is 0 Å². The van der Waals surface area contributed by atoms with Crippen molar-refractivity contribution >= 4 is 29.1 Å². The Hall–Kier alpha value is -2.27. The van der Waals surface area contributed by atoms with Crippen molar-refractivity contribution in [1.29, 1.82) is 0 Å². The second kappa shape index (κ2) is 9.28. The highest BCUT2D eigenvalue weighted by Crippen LogP contribution is 2.17. The minimum absolute atomic E-state index is 0.0644. The largest absolute Gasteiger partial charge is 0.493 e. The fourth-order valence-corrected chi connectivity index (χ4v) is 3.09. The Balaban J connectivity index is 1.73. The molecule has 0 saturated heterocycles. The van der Waals surface area contributed by atoms with Gasteiger partial charge < -0.3 is 10.1 Å². The summed E-state index contributed by atoms with van der Waals surface area (Å²) in [6.07, 6.45) is 0. The number of rotatable bonds is 8. The number of benzene rings is 2. The van der Waals surface area contributed by atoms with Crippen molar-refractivity contribution in [2.45, 2.75) is 20.8 Å². The van der Waals surface area contributed by atoms with E-state index in [2.05, 4.69) is 11.4 Å². The number of anilines is 1. The SMILES string of the molecule is CC(=O)c1ccccc1NC(=O)CSCCOc1cc(C)cc(C)c1. The number of para-hydroxylation sites is 1. The number of carbonyl (C=O) groups excluding carboxylic acids is 2. The first-order chi connectivity index (χ1) is 12.0. The van der Waals surface area contributed by atoms with E-state index < -0.39 is 0 Å². The Morgan fingerprint density at radius 1 is 1.08 bits per heavy atom. The van der Waals surface area contributed by atoms with Crippen molar-refractivity contribution in [2.24, 2.45) is 0 Å². The molecule has 0 bridgehead atoms. The van der Waals surface area contributed by atoms with E-state index in [9.17, 15) is 9.59 Å². The highest BCUT2D eigenvalue weighted by Gasteiger charge is 2.09. The first-order valence-corrected chi connectivity index (χ1v) is 9.30. The van der Waals surface area contributed by atoms with Gasteiger partial charge in [0.05, 0.1) is 18.0 Å². The Morgan fingerprint density at radius 2 is 1.76 bits per heavy atom. The van der Waals surface area contributed by atoms with Gasteiger partial charge in [0.25, 0.3) is 0 Å². The molecule has 0 radical (unpaired) electrons. The number of nitrogens with one attached hydrogen (secondary N) is 1. The van der Waals surface area contributed by atoms with E-state index in [1.807, 2.05) is 26.0 Å². The molecule has 2 aromatic carbocycles. The van der Waals surface area contributed by atoms with Crippen LogP contribution in [-0.2, 0) is 4.79 Å². The molecule has 25 heavy (non-hydrogen) atoms. The van der Waals surface area contributed by atoms with E-state index in [1.165, 1.54) is 29.8 Å². The van der Waals surface area contributed by atoms with Gasteiger partial charge in [-0.25, -0.2) is 0 Å². The molecule has 0 aliphatic carbocycles. The molecule has 0 aliphatic rings. The van der Waals surface area contributed by atoms with Gasteiger partial charge in [-0.3, -0.25) is 9.59 Å². The van der Waals surface area contributed by atoms with Gasteiger partial charge in [0.15, 0.2) is 5.78 Å². The second-order valence-electron chi connectivity index (χ2n) is 5.87. The van der Waals surface area contributed by atoms with Crippen LogP contribution in [0.3, 0.4) is 0 Å². The molecule has 1 N–H and O–H groups in total. The summed E-state index contributed by atoms with van der Waals surface area (Å²) in [5, 5.41) is 2.79. The Bertz CT molecular complexity index is 738. The van der Waals surface area contributed by atoms with Crippen molar-refractivity contribution in [3.63, 3.8) is 0 Å². The summed E-state index contributed by atoms with van der Waals surface area (Å²) in [4.78, 5) is 23.6. The lowest BCUT2D eigenvalue weighted by molar-refractivity contribution is -0.113. The summed E-state index contributed by atoms with van der Waals surface area (Å²) in [5.74, 6) is 1.71. The second-order valence-corrected chi connectivity index (χ2v) is 6.98. The van der Waals surface area contributed by atoms with Crippen LogP contribution in [0, 0.1) is 13.8 Å². The van der Waals surface area contributed by atoms with Crippen molar-refractivity contribution in [3.05, 3.63) is 59.2 Å². The van der Waals surface area contributed by atoms with Crippen LogP contribution in [0.5, 0.6) is 5.75 Å². The van der Waals surface area contributed by atoms with Crippen LogP contribution in [0.15, 0.2) is 42.5 Å². The van der Waals surface area contributed by atoms with Crippen molar-refractivity contribution in [3.8, 4) is 5.75 Å². The van der Waals surface area contributed by atoms with E-state index in [1.54, 1.807) is 24.3 Å². The summed E-state index contributed by atoms with van der Waals surface area (Å²) >= 11 is 1.50. The molecule has 2 rings (SSSR count). The maximum Gasteiger partial charge on any atom is 0.234 e. The van der Waals surface area contributed by atoms with Crippen LogP contribution >= 0.6 is 11.8 Å². The van der Waals surface area contributed by atoms with Crippen molar-refractivity contribution in [2.75, 3.05) is 23.4 Å². The van der Waals surface area contributed by atoms with Gasteiger partial charge in [0.2, 0.25) is 5.91 Å². The predicted molar refractivity (Wildman–Crippen MR) is 104 cm³/mol. The van der Waals surface area contributed by atoms with Crippen LogP contribution in [0.2, 0.25) is 0 Å². The van der Waals surface area contributed by atoms with Crippen molar-refractivity contribution in [1.82, 2.24) is 0 Å². The number of hydrogen-bond donors (Lipinski definition) is 1.